The average Bonchev–Trinajstić information content (AvgIpc) is 3.14. The molecule has 0 spiro atoms. The molecular formula is C19H20F2N4O3. The summed E-state index contributed by atoms with van der Waals surface area (Å²) in [5.41, 5.74) is 1.85. The van der Waals surface area contributed by atoms with Gasteiger partial charge in [-0.25, -0.2) is 8.78 Å². The van der Waals surface area contributed by atoms with Crippen LogP contribution in [0.1, 0.15) is 27.3 Å². The van der Waals surface area contributed by atoms with Crippen molar-refractivity contribution in [1.29, 1.82) is 0 Å². The molecule has 9 heteroatoms. The van der Waals surface area contributed by atoms with Gasteiger partial charge >= 0.3 is 0 Å². The number of aromatic amines is 1. The number of fused-ring (bicyclic) bond motifs is 1. The Morgan fingerprint density at radius 3 is 2.71 bits per heavy atom. The first-order chi connectivity index (χ1) is 13.5. The minimum absolute atomic E-state index is 0.0209. The number of nitrogens with zero attached hydrogens (tertiary/aromatic N) is 3. The van der Waals surface area contributed by atoms with Crippen LogP contribution < -0.4 is 0 Å². The Bertz CT molecular complexity index is 909. The largest absolute Gasteiger partial charge is 0.378 e. The molecule has 0 radical (unpaired) electrons. The normalized spacial score (nSPS) is 16.8. The summed E-state index contributed by atoms with van der Waals surface area (Å²) in [7, 11) is 0. The predicted octanol–water partition coefficient (Wildman–Crippen LogP) is 1.29. The second kappa shape index (κ2) is 7.67. The van der Waals surface area contributed by atoms with Crippen molar-refractivity contribution in [1.82, 2.24) is 20.0 Å². The van der Waals surface area contributed by atoms with E-state index >= 15 is 0 Å². The molecule has 2 aliphatic rings. The van der Waals surface area contributed by atoms with E-state index < -0.39 is 11.6 Å². The van der Waals surface area contributed by atoms with Gasteiger partial charge in [-0.1, -0.05) is 0 Å². The average molecular weight is 390 g/mol. The third kappa shape index (κ3) is 3.62. The first-order valence-electron chi connectivity index (χ1n) is 9.18. The van der Waals surface area contributed by atoms with Crippen LogP contribution in [0.3, 0.4) is 0 Å². The lowest BCUT2D eigenvalue weighted by molar-refractivity contribution is -0.131. The number of benzene rings is 1. The summed E-state index contributed by atoms with van der Waals surface area (Å²) in [5.74, 6) is -1.70. The van der Waals surface area contributed by atoms with Crippen molar-refractivity contribution in [3.05, 3.63) is 52.3 Å². The smallest absolute Gasteiger partial charge is 0.274 e. The van der Waals surface area contributed by atoms with E-state index in [1.54, 1.807) is 9.80 Å². The highest BCUT2D eigenvalue weighted by molar-refractivity contribution is 5.94. The number of nitrogens with one attached hydrogen (secondary N) is 1. The monoisotopic (exact) mass is 390 g/mol. The topological polar surface area (TPSA) is 78.5 Å². The summed E-state index contributed by atoms with van der Waals surface area (Å²) in [5, 5.41) is 7.07. The third-order valence-electron chi connectivity index (χ3n) is 5.14. The second-order valence-corrected chi connectivity index (χ2v) is 6.91. The number of aromatic nitrogens is 2. The number of rotatable bonds is 3. The van der Waals surface area contributed by atoms with Gasteiger partial charge in [-0.15, -0.1) is 0 Å². The van der Waals surface area contributed by atoms with Crippen LogP contribution in [-0.4, -0.2) is 64.7 Å². The maximum atomic E-state index is 13.8. The lowest BCUT2D eigenvalue weighted by atomic mass is 10.0. The maximum absolute atomic E-state index is 13.8. The number of halogens is 2. The maximum Gasteiger partial charge on any atom is 0.274 e. The number of carbonyl (C=O) groups is 2. The van der Waals surface area contributed by atoms with Gasteiger partial charge in [0.25, 0.3) is 5.91 Å². The number of hydrogen-bond donors (Lipinski definition) is 1. The first kappa shape index (κ1) is 18.5. The third-order valence-corrected chi connectivity index (χ3v) is 5.14. The summed E-state index contributed by atoms with van der Waals surface area (Å²) in [4.78, 5) is 28.7. The molecule has 28 heavy (non-hydrogen) atoms. The second-order valence-electron chi connectivity index (χ2n) is 6.91. The van der Waals surface area contributed by atoms with E-state index in [1.165, 1.54) is 0 Å². The van der Waals surface area contributed by atoms with Crippen molar-refractivity contribution in [3.63, 3.8) is 0 Å². The fourth-order valence-electron chi connectivity index (χ4n) is 3.55. The van der Waals surface area contributed by atoms with Crippen LogP contribution in [0.25, 0.3) is 0 Å². The molecule has 4 rings (SSSR count). The quantitative estimate of drug-likeness (QED) is 0.857. The molecule has 3 heterocycles. The molecule has 148 valence electrons. The van der Waals surface area contributed by atoms with E-state index in [1.807, 2.05) is 0 Å². The van der Waals surface area contributed by atoms with Gasteiger partial charge in [0, 0.05) is 49.4 Å². The Balaban J connectivity index is 1.49. The van der Waals surface area contributed by atoms with Gasteiger partial charge in [0.2, 0.25) is 5.91 Å². The van der Waals surface area contributed by atoms with Crippen molar-refractivity contribution in [2.75, 3.05) is 32.8 Å². The molecule has 1 aromatic heterocycles. The highest BCUT2D eigenvalue weighted by Gasteiger charge is 2.30. The Labute approximate surface area is 160 Å². The fraction of sp³-hybridized carbons (Fsp3) is 0.421. The molecule has 0 aliphatic carbocycles. The molecule has 2 aromatic rings. The minimum atomic E-state index is -0.612. The molecule has 7 nitrogen and oxygen atoms in total. The molecule has 2 aliphatic heterocycles. The van der Waals surface area contributed by atoms with Crippen molar-refractivity contribution >= 4 is 11.8 Å². The van der Waals surface area contributed by atoms with E-state index in [2.05, 4.69) is 10.2 Å². The molecule has 0 bridgehead atoms. The molecular weight excluding hydrogens is 370 g/mol. The molecule has 1 N–H and O–H groups in total. The number of amides is 2. The zero-order valence-corrected chi connectivity index (χ0v) is 15.2. The summed E-state index contributed by atoms with van der Waals surface area (Å²) in [6.45, 7) is 2.62. The highest BCUT2D eigenvalue weighted by atomic mass is 19.1. The molecule has 1 saturated heterocycles. The van der Waals surface area contributed by atoms with E-state index in [4.69, 9.17) is 4.74 Å². The van der Waals surface area contributed by atoms with Crippen LogP contribution in [0.5, 0.6) is 0 Å². The molecule has 1 aromatic carbocycles. The van der Waals surface area contributed by atoms with E-state index in [9.17, 15) is 18.4 Å². The Hall–Kier alpha value is -2.81. The minimum Gasteiger partial charge on any atom is -0.378 e. The van der Waals surface area contributed by atoms with Gasteiger partial charge in [-0.3, -0.25) is 14.7 Å². The van der Waals surface area contributed by atoms with Crippen LogP contribution in [0.4, 0.5) is 8.78 Å². The van der Waals surface area contributed by atoms with Gasteiger partial charge in [0.1, 0.15) is 11.6 Å². The number of H-pyrrole nitrogens is 1. The number of morpholine rings is 1. The van der Waals surface area contributed by atoms with Gasteiger partial charge in [-0.2, -0.15) is 5.10 Å². The Kier molecular flexibility index (Phi) is 5.08. The standard InChI is InChI=1S/C19H20F2N4O3/c20-13-1-2-15(21)12(9-13)10-17(26)25-4-3-16-14(11-25)18(23-22-16)19(27)24-5-7-28-8-6-24/h1-2,9H,3-8,10-11H2,(H,22,23). The van der Waals surface area contributed by atoms with Crippen molar-refractivity contribution < 1.29 is 23.1 Å². The molecule has 2 amide bonds. The number of ether oxygens (including phenoxy) is 1. The molecule has 0 atom stereocenters. The lowest BCUT2D eigenvalue weighted by Crippen LogP contribution is -2.42. The van der Waals surface area contributed by atoms with Gasteiger partial charge in [0.15, 0.2) is 5.69 Å². The van der Waals surface area contributed by atoms with Gasteiger partial charge in [-0.05, 0) is 18.2 Å². The van der Waals surface area contributed by atoms with Gasteiger partial charge < -0.3 is 14.5 Å². The summed E-state index contributed by atoms with van der Waals surface area (Å²) in [6.07, 6.45) is 0.291. The summed E-state index contributed by atoms with van der Waals surface area (Å²) in [6, 6.07) is 3.07. The van der Waals surface area contributed by atoms with Crippen LogP contribution in [0.15, 0.2) is 18.2 Å². The van der Waals surface area contributed by atoms with Crippen LogP contribution in [-0.2, 0) is 28.9 Å². The number of carbonyl (C=O) groups excluding carboxylic acids is 2. The van der Waals surface area contributed by atoms with Gasteiger partial charge in [0.05, 0.1) is 19.6 Å². The number of hydrogen-bond acceptors (Lipinski definition) is 4. The SMILES string of the molecule is O=C(Cc1cc(F)ccc1F)N1CCc2[nH]nc(C(=O)N3CCOCC3)c2C1. The van der Waals surface area contributed by atoms with Crippen molar-refractivity contribution in [2.24, 2.45) is 0 Å². The fourth-order valence-corrected chi connectivity index (χ4v) is 3.55. The molecule has 1 fully saturated rings. The summed E-state index contributed by atoms with van der Waals surface area (Å²) >= 11 is 0. The first-order valence-corrected chi connectivity index (χ1v) is 9.18. The van der Waals surface area contributed by atoms with Crippen molar-refractivity contribution in [3.8, 4) is 0 Å². The van der Waals surface area contributed by atoms with Crippen LogP contribution in [0.2, 0.25) is 0 Å². The highest BCUT2D eigenvalue weighted by Crippen LogP contribution is 2.23. The zero-order chi connectivity index (χ0) is 19.7. The Morgan fingerprint density at radius 2 is 1.93 bits per heavy atom. The van der Waals surface area contributed by atoms with E-state index in [0.717, 1.165) is 23.9 Å². The van der Waals surface area contributed by atoms with Crippen LogP contribution >= 0.6 is 0 Å². The van der Waals surface area contributed by atoms with Crippen molar-refractivity contribution in [2.45, 2.75) is 19.4 Å². The zero-order valence-electron chi connectivity index (χ0n) is 15.2. The van der Waals surface area contributed by atoms with Crippen LogP contribution in [0, 0.1) is 11.6 Å². The predicted molar refractivity (Wildman–Crippen MR) is 94.5 cm³/mol. The lowest BCUT2D eigenvalue weighted by Gasteiger charge is -2.29. The summed E-state index contributed by atoms with van der Waals surface area (Å²) < 4.78 is 32.5. The Morgan fingerprint density at radius 1 is 1.14 bits per heavy atom. The van der Waals surface area contributed by atoms with E-state index in [-0.39, 0.29) is 30.3 Å². The molecule has 0 saturated carbocycles. The van der Waals surface area contributed by atoms with E-state index in [0.29, 0.717) is 50.5 Å². The molecule has 0 unspecified atom stereocenters.